The number of rotatable bonds is 4. The molecule has 5 nitrogen and oxygen atoms in total. The van der Waals surface area contributed by atoms with Gasteiger partial charge in [0.1, 0.15) is 5.75 Å². The summed E-state index contributed by atoms with van der Waals surface area (Å²) in [6.07, 6.45) is 1.67. The molecule has 0 radical (unpaired) electrons. The maximum absolute atomic E-state index is 13.1. The average Bonchev–Trinajstić information content (AvgIpc) is 2.92. The molecule has 0 aliphatic carbocycles. The molecular weight excluding hydrogens is 330 g/mol. The van der Waals surface area contributed by atoms with E-state index in [9.17, 15) is 9.59 Å². The van der Waals surface area contributed by atoms with Gasteiger partial charge in [0.2, 0.25) is 0 Å². The van der Waals surface area contributed by atoms with Gasteiger partial charge in [-0.15, -0.1) is 0 Å². The zero-order chi connectivity index (χ0) is 18.7. The predicted octanol–water partition coefficient (Wildman–Crippen LogP) is 3.57. The molecule has 0 bridgehead atoms. The van der Waals surface area contributed by atoms with Crippen LogP contribution in [0.2, 0.25) is 0 Å². The number of amides is 1. The summed E-state index contributed by atoms with van der Waals surface area (Å²) >= 11 is 0. The van der Waals surface area contributed by atoms with Crippen LogP contribution in [0.15, 0.2) is 71.4 Å². The average molecular weight is 349 g/mol. The zero-order valence-corrected chi connectivity index (χ0v) is 14.9. The van der Waals surface area contributed by atoms with Gasteiger partial charge in [0.25, 0.3) is 5.91 Å². The van der Waals surface area contributed by atoms with E-state index in [0.29, 0.717) is 22.7 Å². The maximum atomic E-state index is 13.1. The highest BCUT2D eigenvalue weighted by atomic mass is 16.5. The summed E-state index contributed by atoms with van der Waals surface area (Å²) in [7, 11) is 2.87. The van der Waals surface area contributed by atoms with Gasteiger partial charge in [-0.05, 0) is 31.2 Å². The molecule has 0 N–H and O–H groups in total. The number of anilines is 1. The molecule has 2 aromatic rings. The van der Waals surface area contributed by atoms with Crippen LogP contribution in [0.1, 0.15) is 12.5 Å². The quantitative estimate of drug-likeness (QED) is 0.625. The van der Waals surface area contributed by atoms with Crippen molar-refractivity contribution in [2.24, 2.45) is 0 Å². The van der Waals surface area contributed by atoms with Gasteiger partial charge < -0.3 is 9.47 Å². The van der Waals surface area contributed by atoms with Crippen LogP contribution in [0.3, 0.4) is 0 Å². The molecule has 0 unspecified atom stereocenters. The first-order chi connectivity index (χ1) is 12.6. The minimum atomic E-state index is -0.546. The van der Waals surface area contributed by atoms with Crippen molar-refractivity contribution in [3.63, 3.8) is 0 Å². The van der Waals surface area contributed by atoms with Crippen molar-refractivity contribution in [1.29, 1.82) is 0 Å². The highest BCUT2D eigenvalue weighted by molar-refractivity contribution is 6.23. The number of ether oxygens (including phenoxy) is 2. The molecule has 1 heterocycles. The molecule has 0 atom stereocenters. The van der Waals surface area contributed by atoms with Crippen LogP contribution in [-0.4, -0.2) is 26.1 Å². The first-order valence-corrected chi connectivity index (χ1v) is 8.12. The summed E-state index contributed by atoms with van der Waals surface area (Å²) in [6.45, 7) is 1.74. The molecule has 0 saturated carbocycles. The molecule has 0 fully saturated rings. The van der Waals surface area contributed by atoms with E-state index in [1.165, 1.54) is 12.0 Å². The van der Waals surface area contributed by atoms with Crippen molar-refractivity contribution in [1.82, 2.24) is 0 Å². The van der Waals surface area contributed by atoms with Gasteiger partial charge in [0.15, 0.2) is 0 Å². The summed E-state index contributed by atoms with van der Waals surface area (Å²) in [5, 5.41) is 0. The lowest BCUT2D eigenvalue weighted by Crippen LogP contribution is -2.24. The normalized spacial score (nSPS) is 15.6. The van der Waals surface area contributed by atoms with Crippen LogP contribution in [0.25, 0.3) is 6.08 Å². The number of methoxy groups -OCH3 is 2. The van der Waals surface area contributed by atoms with E-state index >= 15 is 0 Å². The van der Waals surface area contributed by atoms with Gasteiger partial charge >= 0.3 is 5.97 Å². The molecular formula is C21H19NO4. The van der Waals surface area contributed by atoms with Crippen molar-refractivity contribution in [2.45, 2.75) is 6.92 Å². The number of hydrogen-bond acceptors (Lipinski definition) is 4. The third kappa shape index (κ3) is 2.99. The number of hydrogen-bond donors (Lipinski definition) is 0. The molecule has 0 saturated heterocycles. The van der Waals surface area contributed by atoms with Crippen molar-refractivity contribution < 1.29 is 19.1 Å². The molecule has 1 aliphatic heterocycles. The Morgan fingerprint density at radius 2 is 1.65 bits per heavy atom. The van der Waals surface area contributed by atoms with E-state index in [-0.39, 0.29) is 17.1 Å². The third-order valence-electron chi connectivity index (χ3n) is 4.24. The minimum Gasteiger partial charge on any atom is -0.496 e. The van der Waals surface area contributed by atoms with Gasteiger partial charge in [0, 0.05) is 16.9 Å². The fourth-order valence-electron chi connectivity index (χ4n) is 3.01. The van der Waals surface area contributed by atoms with Gasteiger partial charge in [-0.1, -0.05) is 36.4 Å². The fourth-order valence-corrected chi connectivity index (χ4v) is 3.01. The van der Waals surface area contributed by atoms with E-state index in [1.54, 1.807) is 26.2 Å². The Bertz CT molecular complexity index is 913. The Morgan fingerprint density at radius 3 is 2.31 bits per heavy atom. The number of nitrogens with zero attached hydrogens (tertiary/aromatic N) is 1. The van der Waals surface area contributed by atoms with Crippen LogP contribution in [0, 0.1) is 0 Å². The Hall–Kier alpha value is -3.34. The van der Waals surface area contributed by atoms with Crippen molar-refractivity contribution >= 4 is 23.6 Å². The number of esters is 1. The molecule has 1 amide bonds. The molecule has 2 aromatic carbocycles. The van der Waals surface area contributed by atoms with Gasteiger partial charge in [0.05, 0.1) is 25.4 Å². The first-order valence-electron chi connectivity index (χ1n) is 8.12. The third-order valence-corrected chi connectivity index (χ3v) is 4.24. The van der Waals surface area contributed by atoms with Crippen LogP contribution in [0.4, 0.5) is 5.69 Å². The monoisotopic (exact) mass is 349 g/mol. The number of carbonyl (C=O) groups excluding carboxylic acids is 2. The Balaban J connectivity index is 2.17. The second-order valence-electron chi connectivity index (χ2n) is 5.73. The SMILES string of the molecule is COC(=O)C1=C(C)N(c2ccccc2)C(=O)/C1=C\c1ccccc1OC. The lowest BCUT2D eigenvalue weighted by Gasteiger charge is -2.17. The largest absolute Gasteiger partial charge is 0.496 e. The van der Waals surface area contributed by atoms with Crippen molar-refractivity contribution in [3.05, 3.63) is 77.0 Å². The summed E-state index contributed by atoms with van der Waals surface area (Å²) < 4.78 is 10.3. The number of para-hydroxylation sites is 2. The molecule has 26 heavy (non-hydrogen) atoms. The lowest BCUT2D eigenvalue weighted by molar-refractivity contribution is -0.136. The smallest absolute Gasteiger partial charge is 0.340 e. The van der Waals surface area contributed by atoms with E-state index in [1.807, 2.05) is 48.5 Å². The molecule has 132 valence electrons. The second kappa shape index (κ2) is 7.27. The van der Waals surface area contributed by atoms with Gasteiger partial charge in [-0.25, -0.2) is 4.79 Å². The standard InChI is InChI=1S/C21H19NO4/c1-14-19(21(24)26-3)17(13-15-9-7-8-12-18(15)25-2)20(23)22(14)16-10-5-4-6-11-16/h4-13H,1-3H3/b17-13-. The summed E-state index contributed by atoms with van der Waals surface area (Å²) in [5.41, 5.74) is 2.48. The molecule has 0 aromatic heterocycles. The first kappa shape index (κ1) is 17.5. The topological polar surface area (TPSA) is 55.8 Å². The van der Waals surface area contributed by atoms with Crippen LogP contribution < -0.4 is 9.64 Å². The van der Waals surface area contributed by atoms with Gasteiger partial charge in [-0.2, -0.15) is 0 Å². The number of allylic oxidation sites excluding steroid dienone is 1. The number of benzene rings is 2. The Labute approximate surface area is 152 Å². The van der Waals surface area contributed by atoms with E-state index in [2.05, 4.69) is 0 Å². The number of carbonyl (C=O) groups is 2. The maximum Gasteiger partial charge on any atom is 0.340 e. The summed E-state index contributed by atoms with van der Waals surface area (Å²) in [5.74, 6) is -0.205. The van der Waals surface area contributed by atoms with Crippen molar-refractivity contribution in [3.8, 4) is 5.75 Å². The Morgan fingerprint density at radius 1 is 1.00 bits per heavy atom. The lowest BCUT2D eigenvalue weighted by atomic mass is 10.0. The van der Waals surface area contributed by atoms with Crippen LogP contribution in [-0.2, 0) is 14.3 Å². The molecule has 5 heteroatoms. The van der Waals surface area contributed by atoms with E-state index < -0.39 is 5.97 Å². The predicted molar refractivity (Wildman–Crippen MR) is 99.6 cm³/mol. The van der Waals surface area contributed by atoms with Crippen molar-refractivity contribution in [2.75, 3.05) is 19.1 Å². The summed E-state index contributed by atoms with van der Waals surface area (Å²) in [6, 6.07) is 16.5. The second-order valence-corrected chi connectivity index (χ2v) is 5.73. The van der Waals surface area contributed by atoms with Crippen LogP contribution >= 0.6 is 0 Å². The molecule has 1 aliphatic rings. The molecule has 0 spiro atoms. The van der Waals surface area contributed by atoms with E-state index in [0.717, 1.165) is 0 Å². The molecule has 3 rings (SSSR count). The minimum absolute atomic E-state index is 0.257. The van der Waals surface area contributed by atoms with E-state index in [4.69, 9.17) is 9.47 Å². The fraction of sp³-hybridized carbons (Fsp3) is 0.143. The Kier molecular flexibility index (Phi) is 4.89. The van der Waals surface area contributed by atoms with Crippen LogP contribution in [0.5, 0.6) is 5.75 Å². The highest BCUT2D eigenvalue weighted by Crippen LogP contribution is 2.36. The zero-order valence-electron chi connectivity index (χ0n) is 14.9. The summed E-state index contributed by atoms with van der Waals surface area (Å²) in [4.78, 5) is 27.0. The highest BCUT2D eigenvalue weighted by Gasteiger charge is 2.37. The van der Waals surface area contributed by atoms with Gasteiger partial charge in [-0.3, -0.25) is 9.69 Å².